The first kappa shape index (κ1) is 22.7. The highest BCUT2D eigenvalue weighted by Crippen LogP contribution is 2.25. The van der Waals surface area contributed by atoms with E-state index in [4.69, 9.17) is 9.47 Å². The molecule has 4 N–H and O–H groups in total. The van der Waals surface area contributed by atoms with E-state index in [0.717, 1.165) is 11.1 Å². The van der Waals surface area contributed by atoms with Crippen molar-refractivity contribution in [1.82, 2.24) is 10.6 Å². The molecule has 0 saturated carbocycles. The van der Waals surface area contributed by atoms with Crippen molar-refractivity contribution in [2.24, 2.45) is 0 Å². The molecule has 2 aliphatic heterocycles. The number of benzene rings is 1. The topological polar surface area (TPSA) is 117 Å². The van der Waals surface area contributed by atoms with Gasteiger partial charge in [0.2, 0.25) is 11.8 Å². The highest BCUT2D eigenvalue weighted by molar-refractivity contribution is 5.79. The van der Waals surface area contributed by atoms with Crippen molar-refractivity contribution >= 4 is 11.8 Å². The Balaban J connectivity index is 1.42. The van der Waals surface area contributed by atoms with Gasteiger partial charge in [0.1, 0.15) is 11.2 Å². The quantitative estimate of drug-likeness (QED) is 0.473. The molecule has 0 aromatic heterocycles. The Bertz CT molecular complexity index is 691. The molecular weight excluding hydrogens is 388 g/mol. The Morgan fingerprint density at radius 3 is 1.53 bits per heavy atom. The number of amides is 2. The summed E-state index contributed by atoms with van der Waals surface area (Å²) < 4.78 is 10.7. The molecule has 2 saturated heterocycles. The normalized spacial score (nSPS) is 30.9. The highest BCUT2D eigenvalue weighted by Gasteiger charge is 2.40. The minimum atomic E-state index is -1.01. The summed E-state index contributed by atoms with van der Waals surface area (Å²) in [6.07, 6.45) is 0.816. The zero-order chi connectivity index (χ0) is 21.8. The molecule has 1 aromatic rings. The monoisotopic (exact) mass is 420 g/mol. The van der Waals surface area contributed by atoms with Crippen LogP contribution in [0.25, 0.3) is 0 Å². The number of hydrogen-bond donors (Lipinski definition) is 4. The van der Waals surface area contributed by atoms with Crippen molar-refractivity contribution < 1.29 is 29.3 Å². The van der Waals surface area contributed by atoms with Crippen molar-refractivity contribution in [1.29, 1.82) is 0 Å². The molecule has 2 aliphatic rings. The van der Waals surface area contributed by atoms with E-state index in [2.05, 4.69) is 10.6 Å². The number of carbonyl (C=O) groups is 2. The molecule has 8 heteroatoms. The van der Waals surface area contributed by atoms with Gasteiger partial charge in [-0.25, -0.2) is 0 Å². The van der Waals surface area contributed by atoms with E-state index in [1.54, 1.807) is 13.8 Å². The summed E-state index contributed by atoms with van der Waals surface area (Å²) in [6, 6.07) is 7.27. The molecule has 8 nitrogen and oxygen atoms in total. The first-order valence-corrected chi connectivity index (χ1v) is 10.5. The van der Waals surface area contributed by atoms with Crippen LogP contribution in [0.1, 0.15) is 37.8 Å². The minimum absolute atomic E-state index is 0.168. The van der Waals surface area contributed by atoms with E-state index in [1.165, 1.54) is 0 Å². The lowest BCUT2D eigenvalue weighted by Crippen LogP contribution is -2.47. The van der Waals surface area contributed by atoms with Gasteiger partial charge in [0.15, 0.2) is 0 Å². The van der Waals surface area contributed by atoms with E-state index in [9.17, 15) is 19.8 Å². The third kappa shape index (κ3) is 5.57. The zero-order valence-electron chi connectivity index (χ0n) is 17.6. The molecular formula is C22H32N2O6. The summed E-state index contributed by atoms with van der Waals surface area (Å²) in [5, 5.41) is 26.4. The van der Waals surface area contributed by atoms with Gasteiger partial charge < -0.3 is 30.3 Å². The SMILES string of the molecule is CC1OCCC1(O)CNC(=O)Cc1ccc(CC(=O)NCC2(O)CCOC2C)cc1. The lowest BCUT2D eigenvalue weighted by molar-refractivity contribution is -0.123. The number of carbonyl (C=O) groups excluding carboxylic acids is 2. The molecule has 2 amide bonds. The maximum Gasteiger partial charge on any atom is 0.224 e. The summed E-state index contributed by atoms with van der Waals surface area (Å²) in [5.41, 5.74) is -0.374. The summed E-state index contributed by atoms with van der Waals surface area (Å²) in [5.74, 6) is -0.344. The van der Waals surface area contributed by atoms with Crippen LogP contribution in [0.3, 0.4) is 0 Å². The van der Waals surface area contributed by atoms with Crippen molar-refractivity contribution in [2.75, 3.05) is 26.3 Å². The molecule has 2 heterocycles. The predicted octanol–water partition coefficient (Wildman–Crippen LogP) is 0.0838. The van der Waals surface area contributed by atoms with Crippen LogP contribution < -0.4 is 10.6 Å². The van der Waals surface area contributed by atoms with Gasteiger partial charge in [0.05, 0.1) is 25.0 Å². The third-order valence-electron chi connectivity index (χ3n) is 6.25. The van der Waals surface area contributed by atoms with Crippen LogP contribution in [0.4, 0.5) is 0 Å². The molecule has 0 bridgehead atoms. The van der Waals surface area contributed by atoms with Gasteiger partial charge in [-0.3, -0.25) is 9.59 Å². The van der Waals surface area contributed by atoms with Gasteiger partial charge in [0.25, 0.3) is 0 Å². The fraction of sp³-hybridized carbons (Fsp3) is 0.636. The fourth-order valence-electron chi connectivity index (χ4n) is 3.78. The molecule has 30 heavy (non-hydrogen) atoms. The summed E-state index contributed by atoms with van der Waals surface area (Å²) in [4.78, 5) is 24.4. The second-order valence-electron chi connectivity index (χ2n) is 8.46. The number of hydrogen-bond acceptors (Lipinski definition) is 6. The maximum absolute atomic E-state index is 12.2. The van der Waals surface area contributed by atoms with Crippen molar-refractivity contribution in [3.05, 3.63) is 35.4 Å². The molecule has 0 spiro atoms. The van der Waals surface area contributed by atoms with Crippen LogP contribution in [0.15, 0.2) is 24.3 Å². The van der Waals surface area contributed by atoms with Crippen LogP contribution in [0.2, 0.25) is 0 Å². The van der Waals surface area contributed by atoms with Gasteiger partial charge >= 0.3 is 0 Å². The molecule has 0 aliphatic carbocycles. The highest BCUT2D eigenvalue weighted by atomic mass is 16.5. The first-order chi connectivity index (χ1) is 14.2. The van der Waals surface area contributed by atoms with Crippen LogP contribution in [0.5, 0.6) is 0 Å². The van der Waals surface area contributed by atoms with Gasteiger partial charge in [-0.2, -0.15) is 0 Å². The second kappa shape index (κ2) is 9.43. The molecule has 3 rings (SSSR count). The number of aliphatic hydroxyl groups is 2. The van der Waals surface area contributed by atoms with Crippen LogP contribution >= 0.6 is 0 Å². The molecule has 166 valence electrons. The fourth-order valence-corrected chi connectivity index (χ4v) is 3.78. The number of nitrogens with one attached hydrogen (secondary N) is 2. The van der Waals surface area contributed by atoms with Crippen molar-refractivity contribution in [2.45, 2.75) is 62.9 Å². The molecule has 4 unspecified atom stereocenters. The largest absolute Gasteiger partial charge is 0.385 e. The minimum Gasteiger partial charge on any atom is -0.385 e. The molecule has 4 atom stereocenters. The number of rotatable bonds is 8. The Morgan fingerprint density at radius 1 is 0.867 bits per heavy atom. The smallest absolute Gasteiger partial charge is 0.224 e. The Kier molecular flexibility index (Phi) is 7.13. The predicted molar refractivity (Wildman–Crippen MR) is 110 cm³/mol. The van der Waals surface area contributed by atoms with Crippen LogP contribution in [-0.2, 0) is 31.9 Å². The van der Waals surface area contributed by atoms with Gasteiger partial charge in [-0.15, -0.1) is 0 Å². The average Bonchev–Trinajstić information content (AvgIpc) is 3.22. The molecule has 0 radical (unpaired) electrons. The van der Waals surface area contributed by atoms with Crippen LogP contribution in [0, 0.1) is 0 Å². The van der Waals surface area contributed by atoms with Gasteiger partial charge in [-0.1, -0.05) is 24.3 Å². The Morgan fingerprint density at radius 2 is 1.23 bits per heavy atom. The Hall–Kier alpha value is -2.00. The Labute approximate surface area is 176 Å². The van der Waals surface area contributed by atoms with E-state index >= 15 is 0 Å². The molecule has 2 fully saturated rings. The average molecular weight is 421 g/mol. The summed E-state index contributed by atoms with van der Waals surface area (Å²) >= 11 is 0. The van der Waals surface area contributed by atoms with Crippen LogP contribution in [-0.4, -0.2) is 71.7 Å². The van der Waals surface area contributed by atoms with Crippen molar-refractivity contribution in [3.8, 4) is 0 Å². The van der Waals surface area contributed by atoms with E-state index < -0.39 is 11.2 Å². The lowest BCUT2D eigenvalue weighted by atomic mass is 9.96. The molecule has 1 aromatic carbocycles. The lowest BCUT2D eigenvalue weighted by Gasteiger charge is -2.26. The summed E-state index contributed by atoms with van der Waals surface area (Å²) in [6.45, 7) is 4.93. The second-order valence-corrected chi connectivity index (χ2v) is 8.46. The van der Waals surface area contributed by atoms with Crippen molar-refractivity contribution in [3.63, 3.8) is 0 Å². The first-order valence-electron chi connectivity index (χ1n) is 10.5. The zero-order valence-corrected chi connectivity index (χ0v) is 17.6. The summed E-state index contributed by atoms with van der Waals surface area (Å²) in [7, 11) is 0. The van der Waals surface area contributed by atoms with E-state index in [-0.39, 0.29) is 50.0 Å². The van der Waals surface area contributed by atoms with Gasteiger partial charge in [0, 0.05) is 39.1 Å². The maximum atomic E-state index is 12.2. The third-order valence-corrected chi connectivity index (χ3v) is 6.25. The standard InChI is InChI=1S/C22H32N2O6/c1-15-21(27,7-9-29-15)13-23-19(25)11-17-3-5-18(6-4-17)12-20(26)24-14-22(28)8-10-30-16(22)2/h3-6,15-16,27-28H,7-14H2,1-2H3,(H,23,25)(H,24,26). The van der Waals surface area contributed by atoms with Gasteiger partial charge in [-0.05, 0) is 25.0 Å². The number of ether oxygens (including phenoxy) is 2. The van der Waals surface area contributed by atoms with E-state index in [0.29, 0.717) is 26.1 Å². The van der Waals surface area contributed by atoms with E-state index in [1.807, 2.05) is 24.3 Å².